The van der Waals surface area contributed by atoms with Crippen molar-refractivity contribution in [3.05, 3.63) is 72.6 Å². The first-order chi connectivity index (χ1) is 12.4. The summed E-state index contributed by atoms with van der Waals surface area (Å²) in [6.07, 6.45) is 9.33. The van der Waals surface area contributed by atoms with E-state index in [1.165, 1.54) is 6.08 Å². The minimum atomic E-state index is -0.568. The number of hydrogen-bond acceptors (Lipinski definition) is 3. The highest BCUT2D eigenvalue weighted by molar-refractivity contribution is 5.91. The van der Waals surface area contributed by atoms with E-state index in [2.05, 4.69) is 31.6 Å². The van der Waals surface area contributed by atoms with Gasteiger partial charge in [-0.3, -0.25) is 10.0 Å². The Hall–Kier alpha value is -2.92. The number of carbonyl (C=O) groups is 1. The van der Waals surface area contributed by atoms with Crippen molar-refractivity contribution in [3.63, 3.8) is 0 Å². The van der Waals surface area contributed by atoms with Gasteiger partial charge in [-0.25, -0.2) is 10.5 Å². The molecular weight excluding hydrogens is 326 g/mol. The van der Waals surface area contributed by atoms with Crippen molar-refractivity contribution in [1.29, 1.82) is 0 Å². The Morgan fingerprint density at radius 1 is 1.38 bits per heavy atom. The van der Waals surface area contributed by atoms with Gasteiger partial charge in [0.25, 0.3) is 5.91 Å². The first-order valence-corrected chi connectivity index (χ1v) is 8.52. The molecular formula is C21H25N3O2. The summed E-state index contributed by atoms with van der Waals surface area (Å²) >= 11 is 0. The van der Waals surface area contributed by atoms with Gasteiger partial charge >= 0.3 is 0 Å². The molecule has 1 aromatic heterocycles. The number of aromatic nitrogens is 2. The Labute approximate surface area is 154 Å². The average molecular weight is 351 g/mol. The number of nitrogens with one attached hydrogen (secondary N) is 1. The van der Waals surface area contributed by atoms with Gasteiger partial charge in [-0.1, -0.05) is 51.3 Å². The van der Waals surface area contributed by atoms with E-state index >= 15 is 0 Å². The van der Waals surface area contributed by atoms with Crippen molar-refractivity contribution in [2.75, 3.05) is 0 Å². The van der Waals surface area contributed by atoms with Crippen LogP contribution < -0.4 is 5.48 Å². The summed E-state index contributed by atoms with van der Waals surface area (Å²) in [5.41, 5.74) is 5.28. The van der Waals surface area contributed by atoms with Crippen LogP contribution in [-0.2, 0) is 17.8 Å². The van der Waals surface area contributed by atoms with Crippen molar-refractivity contribution in [3.8, 4) is 0 Å². The smallest absolute Gasteiger partial charge is 0.267 e. The third-order valence-corrected chi connectivity index (χ3v) is 3.81. The first-order valence-electron chi connectivity index (χ1n) is 8.52. The first kappa shape index (κ1) is 19.4. The number of fused-ring (bicyclic) bond motifs is 1. The Morgan fingerprint density at radius 3 is 2.81 bits per heavy atom. The van der Waals surface area contributed by atoms with Gasteiger partial charge in [0.15, 0.2) is 0 Å². The number of hydroxylamine groups is 1. The zero-order valence-corrected chi connectivity index (χ0v) is 15.3. The molecule has 0 fully saturated rings. The van der Waals surface area contributed by atoms with E-state index in [1.807, 2.05) is 30.4 Å². The molecule has 5 nitrogen and oxygen atoms in total. The van der Waals surface area contributed by atoms with Crippen LogP contribution in [0, 0.1) is 5.92 Å². The molecule has 0 aliphatic carbocycles. The second-order valence-electron chi connectivity index (χ2n) is 6.52. The number of hydrogen-bond donors (Lipinski definition) is 2. The summed E-state index contributed by atoms with van der Waals surface area (Å²) in [6.45, 7) is 12.8. The standard InChI is InChI=1S/C21H25N3O2/c1-5-6-7-16(4)14-24-19-10-8-17(9-11-21(25)23-26)13-18(19)22-20(24)12-15(2)3/h5-11,13,15,26H,1,4,12,14H2,2-3H3,(H,23,25). The fourth-order valence-electron chi connectivity index (χ4n) is 2.67. The van der Waals surface area contributed by atoms with E-state index in [4.69, 9.17) is 10.2 Å². The zero-order valence-electron chi connectivity index (χ0n) is 15.3. The number of benzene rings is 1. The van der Waals surface area contributed by atoms with Crippen LogP contribution in [0.4, 0.5) is 0 Å². The van der Waals surface area contributed by atoms with E-state index in [9.17, 15) is 4.79 Å². The van der Waals surface area contributed by atoms with Crippen molar-refractivity contribution in [2.24, 2.45) is 5.92 Å². The molecule has 0 saturated heterocycles. The van der Waals surface area contributed by atoms with E-state index in [-0.39, 0.29) is 0 Å². The van der Waals surface area contributed by atoms with Gasteiger partial charge < -0.3 is 4.57 Å². The van der Waals surface area contributed by atoms with Gasteiger partial charge in [0.1, 0.15) is 5.82 Å². The maximum absolute atomic E-state index is 11.1. The molecule has 0 unspecified atom stereocenters. The van der Waals surface area contributed by atoms with E-state index in [1.54, 1.807) is 17.6 Å². The highest BCUT2D eigenvalue weighted by Gasteiger charge is 2.12. The molecule has 26 heavy (non-hydrogen) atoms. The minimum Gasteiger partial charge on any atom is -0.323 e. The molecule has 0 atom stereocenters. The molecule has 136 valence electrons. The maximum Gasteiger partial charge on any atom is 0.267 e. The second kappa shape index (κ2) is 8.97. The van der Waals surface area contributed by atoms with Crippen molar-refractivity contribution >= 4 is 23.0 Å². The summed E-state index contributed by atoms with van der Waals surface area (Å²) in [5, 5.41) is 8.57. The van der Waals surface area contributed by atoms with Crippen LogP contribution in [0.25, 0.3) is 17.1 Å². The Morgan fingerprint density at radius 2 is 2.15 bits per heavy atom. The summed E-state index contributed by atoms with van der Waals surface area (Å²) in [7, 11) is 0. The molecule has 0 spiro atoms. The lowest BCUT2D eigenvalue weighted by atomic mass is 10.1. The lowest BCUT2D eigenvalue weighted by Crippen LogP contribution is -2.14. The van der Waals surface area contributed by atoms with Crippen LogP contribution in [0.15, 0.2) is 61.2 Å². The van der Waals surface area contributed by atoms with Gasteiger partial charge in [0.05, 0.1) is 11.0 Å². The number of carbonyl (C=O) groups excluding carboxylic acids is 1. The molecule has 0 bridgehead atoms. The van der Waals surface area contributed by atoms with Gasteiger partial charge in [0.2, 0.25) is 0 Å². The highest BCUT2D eigenvalue weighted by atomic mass is 16.5. The number of rotatable bonds is 8. The second-order valence-corrected chi connectivity index (χ2v) is 6.52. The molecule has 0 aliphatic rings. The van der Waals surface area contributed by atoms with Crippen LogP contribution in [0.3, 0.4) is 0 Å². The van der Waals surface area contributed by atoms with Crippen molar-refractivity contribution < 1.29 is 10.0 Å². The Kier molecular flexibility index (Phi) is 6.69. The van der Waals surface area contributed by atoms with Gasteiger partial charge in [0, 0.05) is 19.0 Å². The number of imidazole rings is 1. The zero-order chi connectivity index (χ0) is 19.1. The molecule has 2 N–H and O–H groups in total. The third kappa shape index (κ3) is 5.04. The topological polar surface area (TPSA) is 67.2 Å². The van der Waals surface area contributed by atoms with Crippen LogP contribution in [0.1, 0.15) is 25.2 Å². The number of amides is 1. The van der Waals surface area contributed by atoms with Gasteiger partial charge in [-0.15, -0.1) is 0 Å². The van der Waals surface area contributed by atoms with E-state index < -0.39 is 5.91 Å². The minimum absolute atomic E-state index is 0.482. The molecule has 0 saturated carbocycles. The largest absolute Gasteiger partial charge is 0.323 e. The summed E-state index contributed by atoms with van der Waals surface area (Å²) < 4.78 is 2.18. The summed E-state index contributed by atoms with van der Waals surface area (Å²) in [4.78, 5) is 15.9. The van der Waals surface area contributed by atoms with Gasteiger partial charge in [-0.2, -0.15) is 0 Å². The quantitative estimate of drug-likeness (QED) is 0.326. The maximum atomic E-state index is 11.1. The number of nitrogens with zero attached hydrogens (tertiary/aromatic N) is 2. The fraction of sp³-hybridized carbons (Fsp3) is 0.238. The number of allylic oxidation sites excluding steroid dienone is 4. The molecule has 1 aromatic carbocycles. The lowest BCUT2D eigenvalue weighted by Gasteiger charge is -2.11. The summed E-state index contributed by atoms with van der Waals surface area (Å²) in [5.74, 6) is 0.925. The molecule has 1 amide bonds. The Balaban J connectivity index is 2.42. The predicted molar refractivity (Wildman–Crippen MR) is 106 cm³/mol. The predicted octanol–water partition coefficient (Wildman–Crippen LogP) is 4.05. The summed E-state index contributed by atoms with van der Waals surface area (Å²) in [6, 6.07) is 5.84. The highest BCUT2D eigenvalue weighted by Crippen LogP contribution is 2.22. The lowest BCUT2D eigenvalue weighted by molar-refractivity contribution is -0.124. The average Bonchev–Trinajstić information content (AvgIpc) is 2.93. The normalized spacial score (nSPS) is 11.7. The molecule has 5 heteroatoms. The Bertz CT molecular complexity index is 873. The molecule has 1 heterocycles. The van der Waals surface area contributed by atoms with Crippen molar-refractivity contribution in [1.82, 2.24) is 15.0 Å². The molecule has 2 rings (SSSR count). The van der Waals surface area contributed by atoms with Crippen LogP contribution >= 0.6 is 0 Å². The third-order valence-electron chi connectivity index (χ3n) is 3.81. The fourth-order valence-corrected chi connectivity index (χ4v) is 2.67. The van der Waals surface area contributed by atoms with E-state index in [0.717, 1.165) is 34.4 Å². The monoisotopic (exact) mass is 351 g/mol. The van der Waals surface area contributed by atoms with Gasteiger partial charge in [-0.05, 0) is 35.3 Å². The van der Waals surface area contributed by atoms with Crippen LogP contribution in [0.2, 0.25) is 0 Å². The van der Waals surface area contributed by atoms with E-state index in [0.29, 0.717) is 12.5 Å². The van der Waals surface area contributed by atoms with Crippen molar-refractivity contribution in [2.45, 2.75) is 26.8 Å². The molecule has 2 aromatic rings. The SMILES string of the molecule is C=CC=CC(=C)Cn1c(CC(C)C)nc2cc(C=CC(=O)NO)ccc21. The van der Waals surface area contributed by atoms with Crippen LogP contribution in [-0.4, -0.2) is 20.7 Å². The molecule has 0 aliphatic heterocycles. The van der Waals surface area contributed by atoms with Crippen LogP contribution in [0.5, 0.6) is 0 Å². The molecule has 0 radical (unpaired) electrons.